The summed E-state index contributed by atoms with van der Waals surface area (Å²) in [6.07, 6.45) is 0. The molecule has 1 aromatic rings. The molecule has 0 N–H and O–H groups in total. The molecule has 0 aliphatic carbocycles. The zero-order valence-electron chi connectivity index (χ0n) is 8.88. The summed E-state index contributed by atoms with van der Waals surface area (Å²) in [7, 11) is 0. The van der Waals surface area contributed by atoms with Crippen molar-refractivity contribution in [1.29, 1.82) is 0 Å². The van der Waals surface area contributed by atoms with Gasteiger partial charge in [-0.1, -0.05) is 0 Å². The molecule has 1 heterocycles. The number of hydrogen-bond acceptors (Lipinski definition) is 2. The van der Waals surface area contributed by atoms with Gasteiger partial charge in [-0.2, -0.15) is 0 Å². The van der Waals surface area contributed by atoms with Gasteiger partial charge in [0.1, 0.15) is 0 Å². The average Bonchev–Trinajstić information content (AvgIpc) is 2.34. The third-order valence-electron chi connectivity index (χ3n) is 2.52. The van der Waals surface area contributed by atoms with Crippen molar-refractivity contribution in [3.8, 4) is 0 Å². The van der Waals surface area contributed by atoms with Gasteiger partial charge in [-0.25, -0.2) is 0 Å². The van der Waals surface area contributed by atoms with Crippen molar-refractivity contribution in [3.63, 3.8) is 0 Å². The number of nitrogens with zero attached hydrogens (tertiary/aromatic N) is 1. The Kier molecular flexibility index (Phi) is 5.31. The highest BCUT2D eigenvalue weighted by atomic mass is 127. The Labute approximate surface area is 141 Å². The molecule has 0 aromatic heterocycles. The van der Waals surface area contributed by atoms with E-state index in [-0.39, 0.29) is 5.91 Å². The van der Waals surface area contributed by atoms with Crippen LogP contribution in [-0.4, -0.2) is 37.1 Å². The molecule has 6 heteroatoms. The maximum absolute atomic E-state index is 12.4. The molecule has 1 aromatic carbocycles. The molecule has 3 nitrogen and oxygen atoms in total. The molecule has 0 bridgehead atoms. The van der Waals surface area contributed by atoms with E-state index in [1.54, 1.807) is 0 Å². The molecular weight excluding hydrogens is 559 g/mol. The number of carbonyl (C=O) groups is 1. The second-order valence-corrected chi connectivity index (χ2v) is 7.14. The molecule has 2 rings (SSSR count). The topological polar surface area (TPSA) is 29.5 Å². The highest BCUT2D eigenvalue weighted by molar-refractivity contribution is 14.1. The zero-order valence-corrected chi connectivity index (χ0v) is 15.4. The van der Waals surface area contributed by atoms with Crippen LogP contribution in [0.15, 0.2) is 12.1 Å². The van der Waals surface area contributed by atoms with Crippen molar-refractivity contribution in [2.75, 3.05) is 26.3 Å². The quantitative estimate of drug-likeness (QED) is 0.385. The van der Waals surface area contributed by atoms with Gasteiger partial charge in [0.25, 0.3) is 5.91 Å². The summed E-state index contributed by atoms with van der Waals surface area (Å²) in [5, 5.41) is 0. The number of rotatable bonds is 1. The zero-order chi connectivity index (χ0) is 12.4. The van der Waals surface area contributed by atoms with E-state index in [0.717, 1.165) is 16.3 Å². The fraction of sp³-hybridized carbons (Fsp3) is 0.364. The van der Waals surface area contributed by atoms with Crippen LogP contribution in [-0.2, 0) is 4.74 Å². The lowest BCUT2D eigenvalue weighted by atomic mass is 10.2. The number of ether oxygens (including phenoxy) is 1. The molecule has 0 radical (unpaired) electrons. The first-order valence-electron chi connectivity index (χ1n) is 5.11. The van der Waals surface area contributed by atoms with Crippen LogP contribution in [0.3, 0.4) is 0 Å². The van der Waals surface area contributed by atoms with Gasteiger partial charge in [0.05, 0.1) is 18.8 Å². The second-order valence-electron chi connectivity index (χ2n) is 3.65. The molecule has 1 aliphatic heterocycles. The van der Waals surface area contributed by atoms with E-state index in [1.807, 2.05) is 11.0 Å². The van der Waals surface area contributed by atoms with Gasteiger partial charge in [0.2, 0.25) is 0 Å². The van der Waals surface area contributed by atoms with Crippen molar-refractivity contribution >= 4 is 73.7 Å². The van der Waals surface area contributed by atoms with Crippen LogP contribution < -0.4 is 0 Å². The van der Waals surface area contributed by atoms with Gasteiger partial charge in [-0.3, -0.25) is 4.79 Å². The normalized spacial score (nSPS) is 16.1. The largest absolute Gasteiger partial charge is 0.378 e. The third-order valence-corrected chi connectivity index (χ3v) is 6.19. The van der Waals surface area contributed by atoms with E-state index in [0.29, 0.717) is 26.3 Å². The number of benzene rings is 1. The van der Waals surface area contributed by atoms with Crippen LogP contribution in [0.1, 0.15) is 10.4 Å². The van der Waals surface area contributed by atoms with E-state index in [2.05, 4.69) is 73.8 Å². The van der Waals surface area contributed by atoms with Crippen molar-refractivity contribution in [3.05, 3.63) is 28.4 Å². The minimum Gasteiger partial charge on any atom is -0.378 e. The Balaban J connectivity index is 2.29. The first-order valence-corrected chi connectivity index (χ1v) is 8.35. The van der Waals surface area contributed by atoms with E-state index in [9.17, 15) is 4.79 Å². The number of halogens is 3. The summed E-state index contributed by atoms with van der Waals surface area (Å²) in [5.74, 6) is 0.120. The lowest BCUT2D eigenvalue weighted by Gasteiger charge is -2.27. The summed E-state index contributed by atoms with van der Waals surface area (Å²) in [6.45, 7) is 2.67. The molecule has 1 amide bonds. The Bertz CT molecular complexity index is 445. The van der Waals surface area contributed by atoms with E-state index in [4.69, 9.17) is 4.74 Å². The molecule has 0 spiro atoms. The summed E-state index contributed by atoms with van der Waals surface area (Å²) in [6, 6.07) is 4.04. The highest BCUT2D eigenvalue weighted by Gasteiger charge is 2.21. The first-order chi connectivity index (χ1) is 8.09. The molecular formula is C11H10I3NO2. The van der Waals surface area contributed by atoms with Crippen molar-refractivity contribution in [2.45, 2.75) is 0 Å². The lowest BCUT2D eigenvalue weighted by molar-refractivity contribution is 0.0302. The SMILES string of the molecule is O=C(c1cc(I)cc(I)c1I)N1CCOCC1. The minimum atomic E-state index is 0.120. The lowest BCUT2D eigenvalue weighted by Crippen LogP contribution is -2.41. The van der Waals surface area contributed by atoms with Crippen LogP contribution in [0.2, 0.25) is 0 Å². The Morgan fingerprint density at radius 2 is 1.82 bits per heavy atom. The molecule has 92 valence electrons. The molecule has 0 saturated carbocycles. The predicted octanol–water partition coefficient (Wildman–Crippen LogP) is 2.97. The Hall–Kier alpha value is 0.840. The number of hydrogen-bond donors (Lipinski definition) is 0. The second kappa shape index (κ2) is 6.33. The maximum atomic E-state index is 12.4. The molecule has 1 saturated heterocycles. The molecule has 17 heavy (non-hydrogen) atoms. The standard InChI is InChI=1S/C11H10I3NO2/c12-7-5-8(10(14)9(13)6-7)11(16)15-1-3-17-4-2-15/h5-6H,1-4H2. The van der Waals surface area contributed by atoms with Crippen molar-refractivity contribution < 1.29 is 9.53 Å². The number of morpholine rings is 1. The summed E-state index contributed by atoms with van der Waals surface area (Å²) < 4.78 is 8.54. The maximum Gasteiger partial charge on any atom is 0.255 e. The van der Waals surface area contributed by atoms with E-state index in [1.165, 1.54) is 0 Å². The van der Waals surface area contributed by atoms with Crippen LogP contribution in [0, 0.1) is 10.7 Å². The Morgan fingerprint density at radius 3 is 2.47 bits per heavy atom. The highest BCUT2D eigenvalue weighted by Crippen LogP contribution is 2.24. The van der Waals surface area contributed by atoms with Crippen LogP contribution in [0.5, 0.6) is 0 Å². The molecule has 1 aliphatic rings. The molecule has 0 atom stereocenters. The fourth-order valence-electron chi connectivity index (χ4n) is 1.65. The average molecular weight is 569 g/mol. The van der Waals surface area contributed by atoms with Crippen LogP contribution >= 0.6 is 67.8 Å². The smallest absolute Gasteiger partial charge is 0.255 e. The number of amides is 1. The Morgan fingerprint density at radius 1 is 1.18 bits per heavy atom. The first kappa shape index (κ1) is 14.3. The van der Waals surface area contributed by atoms with Crippen molar-refractivity contribution in [1.82, 2.24) is 4.90 Å². The van der Waals surface area contributed by atoms with Gasteiger partial charge >= 0.3 is 0 Å². The summed E-state index contributed by atoms with van der Waals surface area (Å²) in [4.78, 5) is 14.3. The minimum absolute atomic E-state index is 0.120. The molecule has 0 unspecified atom stereocenters. The van der Waals surface area contributed by atoms with Gasteiger partial charge < -0.3 is 9.64 Å². The van der Waals surface area contributed by atoms with E-state index >= 15 is 0 Å². The number of carbonyl (C=O) groups excluding carboxylic acids is 1. The summed E-state index contributed by atoms with van der Waals surface area (Å²) in [5.41, 5.74) is 0.809. The van der Waals surface area contributed by atoms with Crippen LogP contribution in [0.25, 0.3) is 0 Å². The van der Waals surface area contributed by atoms with Crippen LogP contribution in [0.4, 0.5) is 0 Å². The predicted molar refractivity (Wildman–Crippen MR) is 91.3 cm³/mol. The monoisotopic (exact) mass is 569 g/mol. The fourth-order valence-corrected chi connectivity index (χ4v) is 4.04. The van der Waals surface area contributed by atoms with E-state index < -0.39 is 0 Å². The van der Waals surface area contributed by atoms with Gasteiger partial charge in [0, 0.05) is 23.8 Å². The third kappa shape index (κ3) is 3.44. The van der Waals surface area contributed by atoms with Gasteiger partial charge in [-0.15, -0.1) is 0 Å². The van der Waals surface area contributed by atoms with Gasteiger partial charge in [-0.05, 0) is 79.9 Å². The van der Waals surface area contributed by atoms with Crippen molar-refractivity contribution in [2.24, 2.45) is 0 Å². The molecule has 1 fully saturated rings. The van der Waals surface area contributed by atoms with Gasteiger partial charge in [0.15, 0.2) is 0 Å². The summed E-state index contributed by atoms with van der Waals surface area (Å²) >= 11 is 6.76.